The Balaban J connectivity index is 3.17. The van der Waals surface area contributed by atoms with Crippen molar-refractivity contribution in [3.8, 4) is 5.75 Å². The van der Waals surface area contributed by atoms with E-state index in [9.17, 15) is 10.2 Å². The van der Waals surface area contributed by atoms with Crippen LogP contribution in [-0.4, -0.2) is 16.3 Å². The van der Waals surface area contributed by atoms with Crippen LogP contribution in [0.15, 0.2) is 12.1 Å². The fourth-order valence-corrected chi connectivity index (χ4v) is 2.01. The Morgan fingerprint density at radius 3 is 2.29 bits per heavy atom. The van der Waals surface area contributed by atoms with E-state index in [0.717, 1.165) is 0 Å². The Kier molecular flexibility index (Phi) is 4.07. The van der Waals surface area contributed by atoms with Gasteiger partial charge in [0.15, 0.2) is 0 Å². The third kappa shape index (κ3) is 3.12. The van der Waals surface area contributed by atoms with Crippen LogP contribution in [0, 0.1) is 12.3 Å². The summed E-state index contributed by atoms with van der Waals surface area (Å²) in [4.78, 5) is 0. The average molecular weight is 258 g/mol. The van der Waals surface area contributed by atoms with Gasteiger partial charge >= 0.3 is 0 Å². The molecule has 1 aromatic rings. The zero-order chi connectivity index (χ0) is 13.4. The maximum atomic E-state index is 10.1. The van der Waals surface area contributed by atoms with Crippen LogP contribution in [0.2, 0.25) is 5.02 Å². The van der Waals surface area contributed by atoms with E-state index in [0.29, 0.717) is 16.1 Å². The number of benzene rings is 1. The molecule has 0 amide bonds. The number of halogens is 1. The van der Waals surface area contributed by atoms with Gasteiger partial charge in [0.05, 0.1) is 12.1 Å². The van der Waals surface area contributed by atoms with Crippen molar-refractivity contribution in [2.45, 2.75) is 39.8 Å². The Hall–Kier alpha value is -0.770. The molecule has 0 aliphatic heterocycles. The van der Waals surface area contributed by atoms with Gasteiger partial charge in [-0.15, -0.1) is 0 Å². The lowest BCUT2D eigenvalue weighted by atomic mass is 9.82. The molecule has 2 atom stereocenters. The molecule has 4 N–H and O–H groups in total. The summed E-state index contributed by atoms with van der Waals surface area (Å²) in [6, 6.07) is 2.60. The molecule has 17 heavy (non-hydrogen) atoms. The summed E-state index contributed by atoms with van der Waals surface area (Å²) in [5, 5.41) is 20.6. The number of hydrogen-bond donors (Lipinski definition) is 3. The van der Waals surface area contributed by atoms with E-state index < -0.39 is 12.1 Å². The molecule has 4 heteroatoms. The highest BCUT2D eigenvalue weighted by atomic mass is 35.5. The van der Waals surface area contributed by atoms with Crippen molar-refractivity contribution in [3.63, 3.8) is 0 Å². The van der Waals surface area contributed by atoms with E-state index in [2.05, 4.69) is 0 Å². The van der Waals surface area contributed by atoms with Crippen molar-refractivity contribution < 1.29 is 10.2 Å². The average Bonchev–Trinajstić information content (AvgIpc) is 2.20. The summed E-state index contributed by atoms with van der Waals surface area (Å²) in [6.45, 7) is 7.44. The van der Waals surface area contributed by atoms with Crippen LogP contribution in [0.25, 0.3) is 0 Å². The number of phenols is 1. The van der Waals surface area contributed by atoms with Gasteiger partial charge in [-0.1, -0.05) is 32.4 Å². The zero-order valence-corrected chi connectivity index (χ0v) is 11.4. The third-order valence-electron chi connectivity index (χ3n) is 2.88. The lowest BCUT2D eigenvalue weighted by molar-refractivity contribution is 0.0394. The van der Waals surface area contributed by atoms with Crippen molar-refractivity contribution >= 4 is 11.6 Å². The first-order valence-corrected chi connectivity index (χ1v) is 5.95. The highest BCUT2D eigenvalue weighted by Crippen LogP contribution is 2.35. The minimum absolute atomic E-state index is 0.102. The SMILES string of the molecule is Cc1cc(Cl)cc([C@H](N)[C@H](O)C(C)(C)C)c1O. The van der Waals surface area contributed by atoms with Gasteiger partial charge in [0.1, 0.15) is 5.75 Å². The fourth-order valence-electron chi connectivity index (χ4n) is 1.72. The quantitative estimate of drug-likeness (QED) is 0.763. The maximum absolute atomic E-state index is 10.1. The number of aliphatic hydroxyl groups is 1. The molecule has 0 bridgehead atoms. The number of rotatable bonds is 2. The van der Waals surface area contributed by atoms with Crippen LogP contribution in [0.5, 0.6) is 5.75 Å². The summed E-state index contributed by atoms with van der Waals surface area (Å²) in [6.07, 6.45) is -0.758. The van der Waals surface area contributed by atoms with Crippen LogP contribution in [0.1, 0.15) is 37.9 Å². The maximum Gasteiger partial charge on any atom is 0.123 e. The topological polar surface area (TPSA) is 66.5 Å². The van der Waals surface area contributed by atoms with E-state index in [4.69, 9.17) is 17.3 Å². The van der Waals surface area contributed by atoms with Gasteiger partial charge < -0.3 is 15.9 Å². The summed E-state index contributed by atoms with van der Waals surface area (Å²) >= 11 is 5.94. The molecule has 0 aliphatic rings. The number of nitrogens with two attached hydrogens (primary N) is 1. The van der Waals surface area contributed by atoms with Crippen molar-refractivity contribution in [2.75, 3.05) is 0 Å². The predicted octanol–water partition coefficient (Wildman–Crippen LogP) is 2.76. The molecule has 0 saturated heterocycles. The summed E-state index contributed by atoms with van der Waals surface area (Å²) in [7, 11) is 0. The molecule has 0 aliphatic carbocycles. The number of phenolic OH excluding ortho intramolecular Hbond substituents is 1. The molecule has 96 valence electrons. The van der Waals surface area contributed by atoms with Gasteiger partial charge in [-0.3, -0.25) is 0 Å². The first-order valence-electron chi connectivity index (χ1n) is 5.57. The lowest BCUT2D eigenvalue weighted by Gasteiger charge is -2.31. The molecule has 0 spiro atoms. The third-order valence-corrected chi connectivity index (χ3v) is 3.10. The van der Waals surface area contributed by atoms with Crippen LogP contribution >= 0.6 is 11.6 Å². The molecule has 1 aromatic carbocycles. The van der Waals surface area contributed by atoms with Crippen molar-refractivity contribution in [3.05, 3.63) is 28.3 Å². The molecule has 1 rings (SSSR count). The van der Waals surface area contributed by atoms with Gasteiger partial charge in [0.2, 0.25) is 0 Å². The zero-order valence-electron chi connectivity index (χ0n) is 10.7. The second kappa shape index (κ2) is 4.84. The van der Waals surface area contributed by atoms with Gasteiger partial charge in [-0.2, -0.15) is 0 Å². The summed E-state index contributed by atoms with van der Waals surface area (Å²) in [5.41, 5.74) is 6.78. The van der Waals surface area contributed by atoms with E-state index in [1.165, 1.54) is 0 Å². The minimum atomic E-state index is -0.758. The van der Waals surface area contributed by atoms with E-state index in [1.807, 2.05) is 20.8 Å². The molecule has 0 heterocycles. The monoisotopic (exact) mass is 257 g/mol. The van der Waals surface area contributed by atoms with E-state index >= 15 is 0 Å². The highest BCUT2D eigenvalue weighted by molar-refractivity contribution is 6.30. The van der Waals surface area contributed by atoms with E-state index in [1.54, 1.807) is 19.1 Å². The van der Waals surface area contributed by atoms with Crippen LogP contribution in [-0.2, 0) is 0 Å². The molecular formula is C13H20ClNO2. The molecule has 0 fully saturated rings. The molecule has 0 aromatic heterocycles. The van der Waals surface area contributed by atoms with Crippen molar-refractivity contribution in [1.82, 2.24) is 0 Å². The standard InChI is InChI=1S/C13H20ClNO2/c1-7-5-8(14)6-9(11(7)16)10(15)12(17)13(2,3)4/h5-6,10,12,16-17H,15H2,1-4H3/t10-,12-/m0/s1. The smallest absolute Gasteiger partial charge is 0.123 e. The van der Waals surface area contributed by atoms with Crippen molar-refractivity contribution in [1.29, 1.82) is 0 Å². The molecule has 3 nitrogen and oxygen atoms in total. The number of hydrogen-bond acceptors (Lipinski definition) is 3. The summed E-state index contributed by atoms with van der Waals surface area (Å²) in [5.74, 6) is 0.102. The number of aliphatic hydroxyl groups excluding tert-OH is 1. The van der Waals surface area contributed by atoms with Crippen molar-refractivity contribution in [2.24, 2.45) is 11.1 Å². The first kappa shape index (κ1) is 14.3. The first-order chi connectivity index (χ1) is 7.64. The minimum Gasteiger partial charge on any atom is -0.507 e. The number of aromatic hydroxyl groups is 1. The molecule has 0 saturated carbocycles. The van der Waals surface area contributed by atoms with Gasteiger partial charge in [-0.25, -0.2) is 0 Å². The highest BCUT2D eigenvalue weighted by Gasteiger charge is 2.30. The Bertz CT molecular complexity index is 413. The second-order valence-electron chi connectivity index (χ2n) is 5.50. The van der Waals surface area contributed by atoms with Gasteiger partial charge in [0.25, 0.3) is 0 Å². The number of aryl methyl sites for hydroxylation is 1. The normalized spacial score (nSPS) is 15.7. The molecular weight excluding hydrogens is 238 g/mol. The fraction of sp³-hybridized carbons (Fsp3) is 0.538. The Morgan fingerprint density at radius 1 is 1.29 bits per heavy atom. The Labute approximate surface area is 107 Å². The predicted molar refractivity (Wildman–Crippen MR) is 70.2 cm³/mol. The molecule has 0 radical (unpaired) electrons. The largest absolute Gasteiger partial charge is 0.507 e. The van der Waals surface area contributed by atoms with Crippen LogP contribution < -0.4 is 5.73 Å². The second-order valence-corrected chi connectivity index (χ2v) is 5.93. The van der Waals surface area contributed by atoms with Gasteiger partial charge in [0, 0.05) is 10.6 Å². The summed E-state index contributed by atoms with van der Waals surface area (Å²) < 4.78 is 0. The lowest BCUT2D eigenvalue weighted by Crippen LogP contribution is -2.37. The Morgan fingerprint density at radius 2 is 1.82 bits per heavy atom. The van der Waals surface area contributed by atoms with E-state index in [-0.39, 0.29) is 11.2 Å². The van der Waals surface area contributed by atoms with Crippen LogP contribution in [0.3, 0.4) is 0 Å². The van der Waals surface area contributed by atoms with Crippen LogP contribution in [0.4, 0.5) is 0 Å². The molecule has 0 unspecified atom stereocenters. The van der Waals surface area contributed by atoms with Gasteiger partial charge in [-0.05, 0) is 30.0 Å².